The molecular weight excluding hydrogens is 412 g/mol. The van der Waals surface area contributed by atoms with Gasteiger partial charge in [0, 0.05) is 1.37 Å². The molecule has 0 saturated heterocycles. The van der Waals surface area contributed by atoms with Gasteiger partial charge in [0.2, 0.25) is 0 Å². The van der Waals surface area contributed by atoms with Gasteiger partial charge >= 0.3 is 11.9 Å². The van der Waals surface area contributed by atoms with Crippen LogP contribution in [0.1, 0.15) is 22.1 Å². The summed E-state index contributed by atoms with van der Waals surface area (Å²) in [6, 6.07) is 16.3. The van der Waals surface area contributed by atoms with Gasteiger partial charge in [-0.1, -0.05) is 36.4 Å². The van der Waals surface area contributed by atoms with Crippen molar-refractivity contribution in [1.82, 2.24) is 0 Å². The molecule has 0 aromatic heterocycles. The minimum atomic E-state index is -4.26. The second-order valence-corrected chi connectivity index (χ2v) is 7.63. The molecule has 1 aliphatic heterocycles. The molecule has 0 amide bonds. The Labute approximate surface area is 175 Å². The average Bonchev–Trinajstić information content (AvgIpc) is 2.80. The third-order valence-corrected chi connectivity index (χ3v) is 4.63. The van der Waals surface area contributed by atoms with E-state index in [9.17, 15) is 18.0 Å². The van der Waals surface area contributed by atoms with Gasteiger partial charge in [-0.2, -0.15) is 8.42 Å². The standard InChI is InChI=1S/C21H20O8S/c1-30(24,25)29-19-17(28-21(23)16-10-6-3-7-11-16)12-13-26-18(19)14-27-20(22)15-8-4-2-5-9-15/h2-13,17-19H,14H2,1H3/t17-,18-,19+/m1/s1/i1D. The van der Waals surface area contributed by atoms with Crippen molar-refractivity contribution in [3.63, 3.8) is 0 Å². The molecule has 0 radical (unpaired) electrons. The molecule has 0 fully saturated rings. The summed E-state index contributed by atoms with van der Waals surface area (Å²) in [6.45, 7) is -0.365. The smallest absolute Gasteiger partial charge is 0.338 e. The molecule has 158 valence electrons. The van der Waals surface area contributed by atoms with E-state index in [-0.39, 0.29) is 12.2 Å². The molecule has 0 bridgehead atoms. The van der Waals surface area contributed by atoms with Crippen molar-refractivity contribution in [1.29, 1.82) is 0 Å². The highest BCUT2D eigenvalue weighted by Gasteiger charge is 2.39. The summed E-state index contributed by atoms with van der Waals surface area (Å²) in [4.78, 5) is 24.6. The van der Waals surface area contributed by atoms with Crippen molar-refractivity contribution in [3.05, 3.63) is 84.1 Å². The van der Waals surface area contributed by atoms with Crippen LogP contribution in [-0.2, 0) is 28.5 Å². The largest absolute Gasteiger partial charge is 0.492 e. The number of hydrogen-bond donors (Lipinski definition) is 0. The van der Waals surface area contributed by atoms with Crippen molar-refractivity contribution in [2.24, 2.45) is 0 Å². The van der Waals surface area contributed by atoms with Crippen molar-refractivity contribution < 1.29 is 37.8 Å². The summed E-state index contributed by atoms with van der Waals surface area (Å²) in [5.41, 5.74) is 0.564. The predicted octanol–water partition coefficient (Wildman–Crippen LogP) is 2.33. The highest BCUT2D eigenvalue weighted by atomic mass is 32.2. The molecule has 1 heterocycles. The Morgan fingerprint density at radius 2 is 1.60 bits per heavy atom. The van der Waals surface area contributed by atoms with Crippen molar-refractivity contribution in [2.75, 3.05) is 12.8 Å². The van der Waals surface area contributed by atoms with Gasteiger partial charge in [-0.15, -0.1) is 0 Å². The Hall–Kier alpha value is -3.17. The molecule has 2 aromatic carbocycles. The Morgan fingerprint density at radius 3 is 2.20 bits per heavy atom. The zero-order chi connectivity index (χ0) is 22.3. The zero-order valence-electron chi connectivity index (χ0n) is 16.7. The second-order valence-electron chi connectivity index (χ2n) is 6.32. The molecule has 3 atom stereocenters. The Balaban J connectivity index is 1.75. The maximum Gasteiger partial charge on any atom is 0.338 e. The topological polar surface area (TPSA) is 105 Å². The minimum absolute atomic E-state index is 0.261. The molecule has 2 aromatic rings. The lowest BCUT2D eigenvalue weighted by Gasteiger charge is -2.32. The molecule has 0 saturated carbocycles. The van der Waals surface area contributed by atoms with Crippen LogP contribution in [0.15, 0.2) is 73.0 Å². The van der Waals surface area contributed by atoms with Crippen LogP contribution in [0.25, 0.3) is 0 Å². The lowest BCUT2D eigenvalue weighted by molar-refractivity contribution is -0.0769. The van der Waals surface area contributed by atoms with Crippen LogP contribution in [0.4, 0.5) is 0 Å². The van der Waals surface area contributed by atoms with Crippen LogP contribution < -0.4 is 0 Å². The van der Waals surface area contributed by atoms with E-state index in [1.54, 1.807) is 60.7 Å². The van der Waals surface area contributed by atoms with Gasteiger partial charge in [0.1, 0.15) is 6.61 Å². The first-order valence-corrected chi connectivity index (χ1v) is 10.5. The number of ether oxygens (including phenoxy) is 3. The summed E-state index contributed by atoms with van der Waals surface area (Å²) in [6.07, 6.45) is -2.09. The number of rotatable bonds is 7. The lowest BCUT2D eigenvalue weighted by atomic mass is 10.1. The number of carbonyl (C=O) groups is 2. The third kappa shape index (κ3) is 5.91. The second kappa shape index (κ2) is 9.55. The van der Waals surface area contributed by atoms with E-state index in [4.69, 9.17) is 19.8 Å². The Morgan fingerprint density at radius 1 is 1.00 bits per heavy atom. The van der Waals surface area contributed by atoms with E-state index < -0.39 is 46.6 Å². The van der Waals surface area contributed by atoms with Gasteiger partial charge in [-0.25, -0.2) is 9.59 Å². The summed E-state index contributed by atoms with van der Waals surface area (Å²) in [5.74, 6) is -1.34. The molecule has 9 heteroatoms. The van der Waals surface area contributed by atoms with Gasteiger partial charge in [0.05, 0.1) is 23.6 Å². The molecule has 3 rings (SSSR count). The maximum absolute atomic E-state index is 12.4. The first-order valence-electron chi connectivity index (χ1n) is 9.61. The molecule has 1 aliphatic rings. The quantitative estimate of drug-likeness (QED) is 0.484. The Kier molecular flexibility index (Phi) is 6.41. The minimum Gasteiger partial charge on any atom is -0.492 e. The normalized spacial score (nSPS) is 21.2. The summed E-state index contributed by atoms with van der Waals surface area (Å²) in [7, 11) is -4.26. The number of benzene rings is 2. The van der Waals surface area contributed by atoms with E-state index in [2.05, 4.69) is 0 Å². The first kappa shape index (κ1) is 20.1. The summed E-state index contributed by atoms with van der Waals surface area (Å²) in [5, 5.41) is 0. The fourth-order valence-corrected chi connectivity index (χ4v) is 3.30. The molecule has 0 aliphatic carbocycles. The molecule has 0 unspecified atom stereocenters. The number of carbonyl (C=O) groups excluding carboxylic acids is 2. The highest BCUT2D eigenvalue weighted by molar-refractivity contribution is 7.86. The van der Waals surface area contributed by atoms with Gasteiger partial charge in [-0.05, 0) is 30.3 Å². The highest BCUT2D eigenvalue weighted by Crippen LogP contribution is 2.22. The fourth-order valence-electron chi connectivity index (χ4n) is 2.73. The molecule has 8 nitrogen and oxygen atoms in total. The molecule has 0 spiro atoms. The maximum atomic E-state index is 12.4. The van der Waals surface area contributed by atoms with Crippen LogP contribution in [-0.4, -0.2) is 51.5 Å². The summed E-state index contributed by atoms with van der Waals surface area (Å²) < 4.78 is 52.1. The van der Waals surface area contributed by atoms with E-state index in [1.165, 1.54) is 12.3 Å². The molecule has 30 heavy (non-hydrogen) atoms. The molecular formula is C21H20O8S. The van der Waals surface area contributed by atoms with Gasteiger partial charge < -0.3 is 14.2 Å². The van der Waals surface area contributed by atoms with Crippen molar-refractivity contribution >= 4 is 22.1 Å². The van der Waals surface area contributed by atoms with Crippen LogP contribution in [0, 0.1) is 0 Å². The van der Waals surface area contributed by atoms with E-state index in [0.29, 0.717) is 5.56 Å². The van der Waals surface area contributed by atoms with Crippen LogP contribution in [0.3, 0.4) is 0 Å². The monoisotopic (exact) mass is 433 g/mol. The van der Waals surface area contributed by atoms with E-state index in [1.807, 2.05) is 0 Å². The SMILES string of the molecule is [2H]CS(=O)(=O)O[C@H]1[C@H](OC(=O)c2ccccc2)C=CO[C@@H]1COC(=O)c1ccccc1. The average molecular weight is 433 g/mol. The van der Waals surface area contributed by atoms with Crippen molar-refractivity contribution in [2.45, 2.75) is 18.3 Å². The third-order valence-electron chi connectivity index (χ3n) is 4.11. The summed E-state index contributed by atoms with van der Waals surface area (Å²) >= 11 is 0. The Bertz CT molecular complexity index is 1020. The van der Waals surface area contributed by atoms with Crippen LogP contribution in [0.5, 0.6) is 0 Å². The number of hydrogen-bond acceptors (Lipinski definition) is 8. The molecule has 0 N–H and O–H groups in total. The van der Waals surface area contributed by atoms with Crippen molar-refractivity contribution in [3.8, 4) is 0 Å². The van der Waals surface area contributed by atoms with Gasteiger partial charge in [0.25, 0.3) is 10.1 Å². The lowest BCUT2D eigenvalue weighted by Crippen LogP contribution is -2.47. The predicted molar refractivity (Wildman–Crippen MR) is 106 cm³/mol. The van der Waals surface area contributed by atoms with Crippen LogP contribution >= 0.6 is 0 Å². The van der Waals surface area contributed by atoms with E-state index >= 15 is 0 Å². The zero-order valence-corrected chi connectivity index (χ0v) is 16.6. The fraction of sp³-hybridized carbons (Fsp3) is 0.238. The van der Waals surface area contributed by atoms with Crippen LogP contribution in [0.2, 0.25) is 0 Å². The van der Waals surface area contributed by atoms with Gasteiger partial charge in [0.15, 0.2) is 18.3 Å². The first-order chi connectivity index (χ1) is 14.9. The van der Waals surface area contributed by atoms with Gasteiger partial charge in [-0.3, -0.25) is 4.18 Å². The van der Waals surface area contributed by atoms with E-state index in [0.717, 1.165) is 0 Å². The number of esters is 2.